The SMILES string of the molecule is NC(=NCCCC1CC1)NCCc1ccccc1. The van der Waals surface area contributed by atoms with Crippen LogP contribution in [0.15, 0.2) is 35.3 Å². The number of nitrogens with zero attached hydrogens (tertiary/aromatic N) is 1. The van der Waals surface area contributed by atoms with Crippen molar-refractivity contribution < 1.29 is 0 Å². The summed E-state index contributed by atoms with van der Waals surface area (Å²) in [6.07, 6.45) is 6.33. The Bertz CT molecular complexity index is 369. The van der Waals surface area contributed by atoms with Gasteiger partial charge in [-0.15, -0.1) is 0 Å². The Morgan fingerprint density at radius 2 is 2.06 bits per heavy atom. The van der Waals surface area contributed by atoms with Gasteiger partial charge in [0, 0.05) is 13.1 Å². The standard InChI is InChI=1S/C15H23N3/c16-15(17-11-4-7-14-8-9-14)18-12-10-13-5-2-1-3-6-13/h1-3,5-6,14H,4,7-12H2,(H3,16,17,18). The molecule has 1 aromatic carbocycles. The summed E-state index contributed by atoms with van der Waals surface area (Å²) in [5, 5.41) is 3.16. The van der Waals surface area contributed by atoms with Crippen LogP contribution in [0.25, 0.3) is 0 Å². The number of aliphatic imine (C=N–C) groups is 1. The molecule has 1 saturated carbocycles. The van der Waals surface area contributed by atoms with E-state index in [2.05, 4.69) is 34.6 Å². The Labute approximate surface area is 109 Å². The van der Waals surface area contributed by atoms with Crippen molar-refractivity contribution in [2.45, 2.75) is 32.1 Å². The molecule has 1 aliphatic rings. The molecule has 3 N–H and O–H groups in total. The number of benzene rings is 1. The molecule has 0 spiro atoms. The van der Waals surface area contributed by atoms with Gasteiger partial charge in [0.25, 0.3) is 0 Å². The van der Waals surface area contributed by atoms with Crippen LogP contribution in [0.1, 0.15) is 31.2 Å². The third-order valence-electron chi connectivity index (χ3n) is 3.31. The highest BCUT2D eigenvalue weighted by atomic mass is 15.1. The monoisotopic (exact) mass is 245 g/mol. The van der Waals surface area contributed by atoms with Gasteiger partial charge in [0.05, 0.1) is 0 Å². The molecule has 1 aromatic rings. The highest BCUT2D eigenvalue weighted by molar-refractivity contribution is 5.77. The topological polar surface area (TPSA) is 50.4 Å². The minimum Gasteiger partial charge on any atom is -0.370 e. The largest absolute Gasteiger partial charge is 0.370 e. The van der Waals surface area contributed by atoms with Crippen molar-refractivity contribution in [2.24, 2.45) is 16.6 Å². The van der Waals surface area contributed by atoms with E-state index in [4.69, 9.17) is 5.73 Å². The molecule has 0 aromatic heterocycles. The van der Waals surface area contributed by atoms with E-state index >= 15 is 0 Å². The zero-order chi connectivity index (χ0) is 12.6. The van der Waals surface area contributed by atoms with Crippen LogP contribution in [0.3, 0.4) is 0 Å². The van der Waals surface area contributed by atoms with Crippen LogP contribution in [0.4, 0.5) is 0 Å². The summed E-state index contributed by atoms with van der Waals surface area (Å²) in [5.74, 6) is 1.58. The lowest BCUT2D eigenvalue weighted by Gasteiger charge is -2.05. The summed E-state index contributed by atoms with van der Waals surface area (Å²) >= 11 is 0. The highest BCUT2D eigenvalue weighted by Crippen LogP contribution is 2.33. The van der Waals surface area contributed by atoms with Crippen LogP contribution < -0.4 is 11.1 Å². The van der Waals surface area contributed by atoms with Crippen LogP contribution in [-0.2, 0) is 6.42 Å². The van der Waals surface area contributed by atoms with Gasteiger partial charge >= 0.3 is 0 Å². The van der Waals surface area contributed by atoms with Gasteiger partial charge in [0.15, 0.2) is 5.96 Å². The maximum Gasteiger partial charge on any atom is 0.188 e. The number of guanidine groups is 1. The first kappa shape index (κ1) is 12.9. The average Bonchev–Trinajstić information content (AvgIpc) is 3.20. The number of rotatable bonds is 7. The lowest BCUT2D eigenvalue weighted by Crippen LogP contribution is -2.33. The Hall–Kier alpha value is -1.51. The first-order chi connectivity index (χ1) is 8.84. The van der Waals surface area contributed by atoms with Gasteiger partial charge in [-0.25, -0.2) is 0 Å². The zero-order valence-electron chi connectivity index (χ0n) is 10.9. The Kier molecular flexibility index (Phi) is 5.06. The second-order valence-corrected chi connectivity index (χ2v) is 5.01. The fraction of sp³-hybridized carbons (Fsp3) is 0.533. The van der Waals surface area contributed by atoms with Gasteiger partial charge in [0.2, 0.25) is 0 Å². The summed E-state index contributed by atoms with van der Waals surface area (Å²) < 4.78 is 0. The minimum atomic E-state index is 0.585. The lowest BCUT2D eigenvalue weighted by molar-refractivity contribution is 0.673. The van der Waals surface area contributed by atoms with Crippen molar-refractivity contribution in [3.63, 3.8) is 0 Å². The zero-order valence-corrected chi connectivity index (χ0v) is 10.9. The van der Waals surface area contributed by atoms with Crippen molar-refractivity contribution >= 4 is 5.96 Å². The van der Waals surface area contributed by atoms with Crippen molar-refractivity contribution in [1.29, 1.82) is 0 Å². The van der Waals surface area contributed by atoms with Gasteiger partial charge in [-0.1, -0.05) is 43.2 Å². The molecule has 0 saturated heterocycles. The predicted octanol–water partition coefficient (Wildman–Crippen LogP) is 2.32. The molecule has 0 atom stereocenters. The highest BCUT2D eigenvalue weighted by Gasteiger charge is 2.19. The van der Waals surface area contributed by atoms with Crippen LogP contribution in [0.2, 0.25) is 0 Å². The van der Waals surface area contributed by atoms with E-state index in [1.165, 1.54) is 31.2 Å². The van der Waals surface area contributed by atoms with E-state index in [0.717, 1.165) is 25.4 Å². The van der Waals surface area contributed by atoms with Gasteiger partial charge in [-0.05, 0) is 30.7 Å². The molecule has 98 valence electrons. The van der Waals surface area contributed by atoms with Crippen LogP contribution in [-0.4, -0.2) is 19.0 Å². The molecule has 1 aliphatic carbocycles. The molecule has 18 heavy (non-hydrogen) atoms. The molecule has 2 rings (SSSR count). The predicted molar refractivity (Wildman–Crippen MR) is 76.6 cm³/mol. The van der Waals surface area contributed by atoms with Crippen molar-refractivity contribution in [3.8, 4) is 0 Å². The van der Waals surface area contributed by atoms with Crippen LogP contribution in [0.5, 0.6) is 0 Å². The maximum absolute atomic E-state index is 5.81. The van der Waals surface area contributed by atoms with Gasteiger partial charge in [-0.2, -0.15) is 0 Å². The molecule has 0 unspecified atom stereocenters. The van der Waals surface area contributed by atoms with Gasteiger partial charge < -0.3 is 11.1 Å². The molecule has 0 radical (unpaired) electrons. The van der Waals surface area contributed by atoms with Gasteiger partial charge in [0.1, 0.15) is 0 Å². The molecule has 1 fully saturated rings. The molecule has 0 amide bonds. The van der Waals surface area contributed by atoms with Gasteiger partial charge in [-0.3, -0.25) is 4.99 Å². The fourth-order valence-electron chi connectivity index (χ4n) is 2.02. The Morgan fingerprint density at radius 1 is 1.28 bits per heavy atom. The number of nitrogens with two attached hydrogens (primary N) is 1. The first-order valence-corrected chi connectivity index (χ1v) is 6.92. The third kappa shape index (κ3) is 5.21. The summed E-state index contributed by atoms with van der Waals surface area (Å²) in [6, 6.07) is 10.4. The summed E-state index contributed by atoms with van der Waals surface area (Å²) in [6.45, 7) is 1.71. The van der Waals surface area contributed by atoms with Crippen molar-refractivity contribution in [1.82, 2.24) is 5.32 Å². The normalized spacial score (nSPS) is 15.7. The first-order valence-electron chi connectivity index (χ1n) is 6.92. The van der Waals surface area contributed by atoms with E-state index in [0.29, 0.717) is 5.96 Å². The van der Waals surface area contributed by atoms with E-state index in [1.807, 2.05) is 6.07 Å². The maximum atomic E-state index is 5.81. The molecule has 0 bridgehead atoms. The summed E-state index contributed by atoms with van der Waals surface area (Å²) in [5.41, 5.74) is 7.13. The fourth-order valence-corrected chi connectivity index (χ4v) is 2.02. The van der Waals surface area contributed by atoms with E-state index in [1.54, 1.807) is 0 Å². The van der Waals surface area contributed by atoms with Crippen molar-refractivity contribution in [2.75, 3.05) is 13.1 Å². The summed E-state index contributed by atoms with van der Waals surface area (Å²) in [4.78, 5) is 4.34. The number of nitrogens with one attached hydrogen (secondary N) is 1. The lowest BCUT2D eigenvalue weighted by atomic mass is 10.1. The number of hydrogen-bond donors (Lipinski definition) is 2. The van der Waals surface area contributed by atoms with E-state index < -0.39 is 0 Å². The quantitative estimate of drug-likeness (QED) is 0.440. The van der Waals surface area contributed by atoms with E-state index in [9.17, 15) is 0 Å². The molecule has 3 nitrogen and oxygen atoms in total. The van der Waals surface area contributed by atoms with Crippen LogP contribution in [0, 0.1) is 5.92 Å². The van der Waals surface area contributed by atoms with Crippen LogP contribution >= 0.6 is 0 Å². The smallest absolute Gasteiger partial charge is 0.188 e. The third-order valence-corrected chi connectivity index (χ3v) is 3.31. The Morgan fingerprint density at radius 3 is 2.78 bits per heavy atom. The minimum absolute atomic E-state index is 0.585. The average molecular weight is 245 g/mol. The molecule has 0 aliphatic heterocycles. The molecular formula is C15H23N3. The second kappa shape index (κ2) is 7.04. The Balaban J connectivity index is 1.55. The number of hydrogen-bond acceptors (Lipinski definition) is 1. The summed E-state index contributed by atoms with van der Waals surface area (Å²) in [7, 11) is 0. The second-order valence-electron chi connectivity index (χ2n) is 5.01. The van der Waals surface area contributed by atoms with Crippen molar-refractivity contribution in [3.05, 3.63) is 35.9 Å². The molecule has 0 heterocycles. The molecular weight excluding hydrogens is 222 g/mol. The van der Waals surface area contributed by atoms with E-state index in [-0.39, 0.29) is 0 Å². The molecule has 3 heteroatoms.